The van der Waals surface area contributed by atoms with Crippen LogP contribution in [0.25, 0.3) is 11.0 Å². The van der Waals surface area contributed by atoms with E-state index in [0.717, 1.165) is 50.0 Å². The molecular formula is C21H34IN5O. The lowest BCUT2D eigenvalue weighted by atomic mass is 10.1. The number of fused-ring (bicyclic) bond motifs is 1. The summed E-state index contributed by atoms with van der Waals surface area (Å²) in [6.45, 7) is 12.2. The van der Waals surface area contributed by atoms with Crippen LogP contribution in [0.1, 0.15) is 24.7 Å². The monoisotopic (exact) mass is 499 g/mol. The molecule has 1 aromatic carbocycles. The molecule has 0 spiro atoms. The van der Waals surface area contributed by atoms with Crippen molar-refractivity contribution < 1.29 is 4.42 Å². The second kappa shape index (κ2) is 11.6. The number of hydrogen-bond acceptors (Lipinski definition) is 4. The van der Waals surface area contributed by atoms with Gasteiger partial charge in [0, 0.05) is 43.7 Å². The molecule has 2 aromatic rings. The SMILES string of the molecule is CCNC(=NCc1oc2ccccc2c1C)NCCN1CCCN(C)CC1.I. The lowest BCUT2D eigenvalue weighted by Crippen LogP contribution is -2.42. The molecule has 2 N–H and O–H groups in total. The van der Waals surface area contributed by atoms with Gasteiger partial charge in [0.1, 0.15) is 17.9 Å². The van der Waals surface area contributed by atoms with Crippen molar-refractivity contribution in [3.05, 3.63) is 35.6 Å². The second-order valence-corrected chi connectivity index (χ2v) is 7.27. The summed E-state index contributed by atoms with van der Waals surface area (Å²) in [5, 5.41) is 7.97. The highest BCUT2D eigenvalue weighted by atomic mass is 127. The molecule has 3 rings (SSSR count). The number of para-hydroxylation sites is 1. The standard InChI is InChI=1S/C21H33N5O.HI/c1-4-22-21(23-10-13-26-12-7-11-25(3)14-15-26)24-16-20-17(2)18-8-5-6-9-19(18)27-20;/h5-6,8-9H,4,7,10-16H2,1-3H3,(H2,22,23,24);1H. The van der Waals surface area contributed by atoms with E-state index >= 15 is 0 Å². The number of likely N-dealkylation sites (N-methyl/N-ethyl adjacent to an activating group) is 1. The van der Waals surface area contributed by atoms with E-state index < -0.39 is 0 Å². The molecule has 0 atom stereocenters. The number of aliphatic imine (C=N–C) groups is 1. The Morgan fingerprint density at radius 3 is 2.75 bits per heavy atom. The molecule has 1 saturated heterocycles. The highest BCUT2D eigenvalue weighted by molar-refractivity contribution is 14.0. The van der Waals surface area contributed by atoms with Gasteiger partial charge in [-0.3, -0.25) is 0 Å². The average molecular weight is 499 g/mol. The quantitative estimate of drug-likeness (QED) is 0.364. The van der Waals surface area contributed by atoms with Gasteiger partial charge >= 0.3 is 0 Å². The molecule has 28 heavy (non-hydrogen) atoms. The van der Waals surface area contributed by atoms with Gasteiger partial charge in [-0.25, -0.2) is 4.99 Å². The molecule has 0 saturated carbocycles. The molecule has 7 heteroatoms. The van der Waals surface area contributed by atoms with Gasteiger partial charge in [-0.15, -0.1) is 24.0 Å². The van der Waals surface area contributed by atoms with E-state index in [1.54, 1.807) is 0 Å². The maximum absolute atomic E-state index is 5.98. The number of hydrogen-bond donors (Lipinski definition) is 2. The van der Waals surface area contributed by atoms with Crippen LogP contribution in [0.15, 0.2) is 33.7 Å². The van der Waals surface area contributed by atoms with Gasteiger partial charge in [0.15, 0.2) is 5.96 Å². The topological polar surface area (TPSA) is 56.0 Å². The Bertz CT molecular complexity index is 760. The summed E-state index contributed by atoms with van der Waals surface area (Å²) < 4.78 is 5.98. The predicted molar refractivity (Wildman–Crippen MR) is 128 cm³/mol. The zero-order valence-corrected chi connectivity index (χ0v) is 19.7. The Morgan fingerprint density at radius 1 is 1.14 bits per heavy atom. The molecule has 2 heterocycles. The van der Waals surface area contributed by atoms with Gasteiger partial charge in [0.2, 0.25) is 0 Å². The van der Waals surface area contributed by atoms with Crippen LogP contribution in [0, 0.1) is 6.92 Å². The first-order valence-electron chi connectivity index (χ1n) is 10.1. The molecule has 1 aromatic heterocycles. The number of benzene rings is 1. The molecule has 156 valence electrons. The molecule has 1 fully saturated rings. The van der Waals surface area contributed by atoms with Crippen molar-refractivity contribution in [1.82, 2.24) is 20.4 Å². The highest BCUT2D eigenvalue weighted by Gasteiger charge is 2.12. The fourth-order valence-corrected chi connectivity index (χ4v) is 3.52. The van der Waals surface area contributed by atoms with E-state index in [2.05, 4.69) is 47.4 Å². The fourth-order valence-electron chi connectivity index (χ4n) is 3.52. The van der Waals surface area contributed by atoms with Gasteiger partial charge in [0.25, 0.3) is 0 Å². The van der Waals surface area contributed by atoms with Crippen LogP contribution in [-0.4, -0.2) is 68.6 Å². The maximum atomic E-state index is 5.98. The van der Waals surface area contributed by atoms with Crippen molar-refractivity contribution in [2.24, 2.45) is 4.99 Å². The Labute approximate surface area is 185 Å². The zero-order valence-electron chi connectivity index (χ0n) is 17.3. The van der Waals surface area contributed by atoms with E-state index in [9.17, 15) is 0 Å². The Hall–Kier alpha value is -1.32. The molecule has 1 aliphatic heterocycles. The van der Waals surface area contributed by atoms with Crippen molar-refractivity contribution in [3.63, 3.8) is 0 Å². The third-order valence-electron chi connectivity index (χ3n) is 5.20. The molecule has 0 aliphatic carbocycles. The van der Waals surface area contributed by atoms with Gasteiger partial charge in [0.05, 0.1) is 0 Å². The highest BCUT2D eigenvalue weighted by Crippen LogP contribution is 2.25. The molecule has 0 bridgehead atoms. The normalized spacial score (nSPS) is 16.6. The summed E-state index contributed by atoms with van der Waals surface area (Å²) in [7, 11) is 2.21. The van der Waals surface area contributed by atoms with Crippen LogP contribution >= 0.6 is 24.0 Å². The summed E-state index contributed by atoms with van der Waals surface area (Å²) in [6, 6.07) is 8.16. The van der Waals surface area contributed by atoms with E-state index in [4.69, 9.17) is 9.41 Å². The Morgan fingerprint density at radius 2 is 1.96 bits per heavy atom. The van der Waals surface area contributed by atoms with Gasteiger partial charge in [-0.2, -0.15) is 0 Å². The number of aryl methyl sites for hydroxylation is 1. The summed E-state index contributed by atoms with van der Waals surface area (Å²) in [4.78, 5) is 9.67. The van der Waals surface area contributed by atoms with E-state index in [-0.39, 0.29) is 24.0 Å². The number of nitrogens with one attached hydrogen (secondary N) is 2. The van der Waals surface area contributed by atoms with E-state index in [1.807, 2.05) is 18.2 Å². The molecule has 1 aliphatic rings. The van der Waals surface area contributed by atoms with Crippen molar-refractivity contribution in [1.29, 1.82) is 0 Å². The van der Waals surface area contributed by atoms with Crippen LogP contribution in [-0.2, 0) is 6.54 Å². The van der Waals surface area contributed by atoms with Crippen molar-refractivity contribution >= 4 is 40.9 Å². The zero-order chi connectivity index (χ0) is 19.1. The van der Waals surface area contributed by atoms with Crippen LogP contribution < -0.4 is 10.6 Å². The first-order chi connectivity index (χ1) is 13.2. The third kappa shape index (κ3) is 6.35. The average Bonchev–Trinajstić information content (AvgIpc) is 2.84. The Kier molecular flexibility index (Phi) is 9.53. The van der Waals surface area contributed by atoms with Crippen LogP contribution in [0.3, 0.4) is 0 Å². The maximum Gasteiger partial charge on any atom is 0.191 e. The van der Waals surface area contributed by atoms with E-state index in [1.165, 1.54) is 30.5 Å². The number of furan rings is 1. The Balaban J connectivity index is 0.00000280. The van der Waals surface area contributed by atoms with Crippen molar-refractivity contribution in [3.8, 4) is 0 Å². The first-order valence-corrected chi connectivity index (χ1v) is 10.1. The number of nitrogens with zero attached hydrogens (tertiary/aromatic N) is 3. The van der Waals surface area contributed by atoms with Crippen LogP contribution in [0.2, 0.25) is 0 Å². The minimum absolute atomic E-state index is 0. The van der Waals surface area contributed by atoms with Crippen molar-refractivity contribution in [2.45, 2.75) is 26.8 Å². The lowest BCUT2D eigenvalue weighted by Gasteiger charge is -2.21. The number of rotatable bonds is 6. The fraction of sp³-hybridized carbons (Fsp3) is 0.571. The molecule has 0 radical (unpaired) electrons. The van der Waals surface area contributed by atoms with Crippen LogP contribution in [0.5, 0.6) is 0 Å². The predicted octanol–water partition coefficient (Wildman–Crippen LogP) is 3.05. The first kappa shape index (κ1) is 23.0. The summed E-state index contributed by atoms with van der Waals surface area (Å²) in [6.07, 6.45) is 1.25. The molecule has 0 amide bonds. The number of halogens is 1. The van der Waals surface area contributed by atoms with E-state index in [0.29, 0.717) is 6.54 Å². The summed E-state index contributed by atoms with van der Waals surface area (Å²) in [5.74, 6) is 1.79. The van der Waals surface area contributed by atoms with Gasteiger partial charge in [-0.05, 0) is 46.5 Å². The largest absolute Gasteiger partial charge is 0.459 e. The third-order valence-corrected chi connectivity index (χ3v) is 5.20. The lowest BCUT2D eigenvalue weighted by molar-refractivity contribution is 0.280. The molecule has 6 nitrogen and oxygen atoms in total. The van der Waals surface area contributed by atoms with Crippen LogP contribution in [0.4, 0.5) is 0 Å². The summed E-state index contributed by atoms with van der Waals surface area (Å²) >= 11 is 0. The van der Waals surface area contributed by atoms with Gasteiger partial charge in [-0.1, -0.05) is 18.2 Å². The molecule has 0 unspecified atom stereocenters. The van der Waals surface area contributed by atoms with Gasteiger partial charge < -0.3 is 24.9 Å². The second-order valence-electron chi connectivity index (χ2n) is 7.27. The minimum atomic E-state index is 0. The molecular weight excluding hydrogens is 465 g/mol. The van der Waals surface area contributed by atoms with Crippen molar-refractivity contribution in [2.75, 3.05) is 52.9 Å². The smallest absolute Gasteiger partial charge is 0.191 e. The summed E-state index contributed by atoms with van der Waals surface area (Å²) in [5.41, 5.74) is 2.11. The number of guanidine groups is 1. The minimum Gasteiger partial charge on any atom is -0.459 e.